The van der Waals surface area contributed by atoms with Crippen molar-refractivity contribution < 1.29 is 19.1 Å². The Bertz CT molecular complexity index is 749. The molecule has 0 saturated heterocycles. The lowest BCUT2D eigenvalue weighted by Gasteiger charge is -2.33. The molecular weight excluding hydrogens is 330 g/mol. The predicted molar refractivity (Wildman–Crippen MR) is 98.9 cm³/mol. The van der Waals surface area contributed by atoms with E-state index in [1.165, 1.54) is 17.1 Å². The van der Waals surface area contributed by atoms with Crippen LogP contribution in [0, 0.1) is 0 Å². The van der Waals surface area contributed by atoms with E-state index in [-0.39, 0.29) is 29.1 Å². The molecule has 0 fully saturated rings. The second-order valence-corrected chi connectivity index (χ2v) is 8.87. The van der Waals surface area contributed by atoms with Crippen molar-refractivity contribution in [2.45, 2.75) is 71.3 Å². The highest BCUT2D eigenvalue weighted by Gasteiger charge is 2.44. The molecule has 2 amide bonds. The Morgan fingerprint density at radius 1 is 0.962 bits per heavy atom. The summed E-state index contributed by atoms with van der Waals surface area (Å²) in [6.07, 6.45) is 3.01. The summed E-state index contributed by atoms with van der Waals surface area (Å²) in [5.74, 6) is 0.208. The standard InChI is InChI=1S/C21H27NO4/c1-20(2,3)25-14-7-8-15-13(11-14)12-16(26-21(4,5)6)19(15)22-17(23)9-10-18(22)24/h7-11,16,19H,12H2,1-6H3/t16-,19-/m0/s1. The lowest BCUT2D eigenvalue weighted by atomic mass is 10.0. The van der Waals surface area contributed by atoms with Gasteiger partial charge in [-0.05, 0) is 64.8 Å². The summed E-state index contributed by atoms with van der Waals surface area (Å²) in [5, 5.41) is 0. The minimum atomic E-state index is -0.414. The Labute approximate surface area is 155 Å². The molecule has 3 rings (SSSR count). The topological polar surface area (TPSA) is 55.8 Å². The molecule has 0 saturated carbocycles. The van der Waals surface area contributed by atoms with Gasteiger partial charge in [0.2, 0.25) is 0 Å². The van der Waals surface area contributed by atoms with E-state index < -0.39 is 6.04 Å². The van der Waals surface area contributed by atoms with E-state index in [0.717, 1.165) is 16.9 Å². The van der Waals surface area contributed by atoms with Gasteiger partial charge in [0, 0.05) is 18.6 Å². The molecule has 1 aliphatic carbocycles. The summed E-state index contributed by atoms with van der Waals surface area (Å²) in [4.78, 5) is 25.9. The number of ether oxygens (including phenoxy) is 2. The first-order chi connectivity index (χ1) is 11.9. The first kappa shape index (κ1) is 18.6. The number of hydrogen-bond acceptors (Lipinski definition) is 4. The highest BCUT2D eigenvalue weighted by Crippen LogP contribution is 2.42. The average molecular weight is 357 g/mol. The number of rotatable bonds is 3. The molecule has 1 aromatic rings. The van der Waals surface area contributed by atoms with Crippen molar-refractivity contribution in [1.82, 2.24) is 4.90 Å². The van der Waals surface area contributed by atoms with Gasteiger partial charge >= 0.3 is 0 Å². The molecule has 1 aromatic carbocycles. The number of fused-ring (bicyclic) bond motifs is 1. The van der Waals surface area contributed by atoms with Gasteiger partial charge in [-0.15, -0.1) is 0 Å². The zero-order valence-electron chi connectivity index (χ0n) is 16.3. The maximum Gasteiger partial charge on any atom is 0.254 e. The first-order valence-corrected chi connectivity index (χ1v) is 8.99. The Morgan fingerprint density at radius 2 is 1.58 bits per heavy atom. The number of benzene rings is 1. The molecule has 5 heteroatoms. The van der Waals surface area contributed by atoms with E-state index in [9.17, 15) is 9.59 Å². The molecule has 2 aliphatic rings. The van der Waals surface area contributed by atoms with Crippen LogP contribution in [0.1, 0.15) is 58.7 Å². The molecule has 0 unspecified atom stereocenters. The lowest BCUT2D eigenvalue weighted by molar-refractivity contribution is -0.148. The Morgan fingerprint density at radius 3 is 2.12 bits per heavy atom. The van der Waals surface area contributed by atoms with Gasteiger partial charge < -0.3 is 9.47 Å². The molecule has 26 heavy (non-hydrogen) atoms. The van der Waals surface area contributed by atoms with E-state index in [4.69, 9.17) is 9.47 Å². The number of imide groups is 1. The van der Waals surface area contributed by atoms with E-state index in [1.807, 2.05) is 59.7 Å². The molecule has 1 heterocycles. The molecule has 0 bridgehead atoms. The second kappa shape index (κ2) is 6.23. The summed E-state index contributed by atoms with van der Waals surface area (Å²) < 4.78 is 12.2. The molecule has 0 radical (unpaired) electrons. The maximum absolute atomic E-state index is 12.3. The Kier molecular flexibility index (Phi) is 4.47. The predicted octanol–water partition coefficient (Wildman–Crippen LogP) is 3.57. The molecule has 5 nitrogen and oxygen atoms in total. The van der Waals surface area contributed by atoms with E-state index in [1.54, 1.807) is 0 Å². The van der Waals surface area contributed by atoms with Gasteiger partial charge in [-0.3, -0.25) is 14.5 Å². The van der Waals surface area contributed by atoms with Gasteiger partial charge in [-0.2, -0.15) is 0 Å². The largest absolute Gasteiger partial charge is 0.488 e. The van der Waals surface area contributed by atoms with Crippen molar-refractivity contribution in [2.24, 2.45) is 0 Å². The van der Waals surface area contributed by atoms with Crippen LogP contribution < -0.4 is 4.74 Å². The van der Waals surface area contributed by atoms with Crippen molar-refractivity contribution in [1.29, 1.82) is 0 Å². The number of amides is 2. The quantitative estimate of drug-likeness (QED) is 0.776. The van der Waals surface area contributed by atoms with Crippen LogP contribution in [-0.2, 0) is 20.7 Å². The summed E-state index contributed by atoms with van der Waals surface area (Å²) in [6.45, 7) is 11.9. The Balaban J connectivity index is 1.97. The third-order valence-corrected chi connectivity index (χ3v) is 4.26. The minimum Gasteiger partial charge on any atom is -0.488 e. The van der Waals surface area contributed by atoms with Crippen molar-refractivity contribution >= 4 is 11.8 Å². The fourth-order valence-corrected chi connectivity index (χ4v) is 3.54. The molecule has 0 spiro atoms. The summed E-state index contributed by atoms with van der Waals surface area (Å²) in [5.41, 5.74) is 1.33. The lowest BCUT2D eigenvalue weighted by Crippen LogP contribution is -2.42. The molecule has 0 aromatic heterocycles. The fourth-order valence-electron chi connectivity index (χ4n) is 3.54. The Hall–Kier alpha value is -2.14. The van der Waals surface area contributed by atoms with Crippen LogP contribution >= 0.6 is 0 Å². The van der Waals surface area contributed by atoms with Gasteiger partial charge in [0.15, 0.2) is 0 Å². The van der Waals surface area contributed by atoms with E-state index >= 15 is 0 Å². The summed E-state index contributed by atoms with van der Waals surface area (Å²) >= 11 is 0. The van der Waals surface area contributed by atoms with Crippen LogP contribution in [0.25, 0.3) is 0 Å². The van der Waals surface area contributed by atoms with Crippen molar-refractivity contribution in [3.8, 4) is 5.75 Å². The summed E-state index contributed by atoms with van der Waals surface area (Å²) in [7, 11) is 0. The number of hydrogen-bond donors (Lipinski definition) is 0. The average Bonchev–Trinajstić information content (AvgIpc) is 2.95. The monoisotopic (exact) mass is 357 g/mol. The molecule has 1 aliphatic heterocycles. The third kappa shape index (κ3) is 3.83. The van der Waals surface area contributed by atoms with Gasteiger partial charge in [-0.25, -0.2) is 0 Å². The molecule has 140 valence electrons. The highest BCUT2D eigenvalue weighted by molar-refractivity contribution is 6.13. The van der Waals surface area contributed by atoms with Crippen molar-refractivity contribution in [3.05, 3.63) is 41.5 Å². The highest BCUT2D eigenvalue weighted by atomic mass is 16.5. The third-order valence-electron chi connectivity index (χ3n) is 4.26. The molecule has 0 N–H and O–H groups in total. The van der Waals surface area contributed by atoms with Crippen LogP contribution in [0.5, 0.6) is 5.75 Å². The van der Waals surface area contributed by atoms with Gasteiger partial charge in [-0.1, -0.05) is 6.07 Å². The zero-order valence-corrected chi connectivity index (χ0v) is 16.3. The molecular formula is C21H27NO4. The molecule has 2 atom stereocenters. The number of carbonyl (C=O) groups excluding carboxylic acids is 2. The van der Waals surface area contributed by atoms with Crippen LogP contribution in [0.2, 0.25) is 0 Å². The minimum absolute atomic E-state index is 0.275. The summed E-state index contributed by atoms with van der Waals surface area (Å²) in [6, 6.07) is 5.43. The van der Waals surface area contributed by atoms with Gasteiger partial charge in [0.1, 0.15) is 11.4 Å². The SMILES string of the molecule is CC(C)(C)Oc1ccc2c(c1)C[C@H](OC(C)(C)C)[C@H]2N1C(=O)C=CC1=O. The first-order valence-electron chi connectivity index (χ1n) is 8.99. The normalized spacial score (nSPS) is 22.9. The van der Waals surface area contributed by atoms with Crippen molar-refractivity contribution in [3.63, 3.8) is 0 Å². The van der Waals surface area contributed by atoms with E-state index in [2.05, 4.69) is 0 Å². The van der Waals surface area contributed by atoms with Gasteiger partial charge in [0.25, 0.3) is 11.8 Å². The van der Waals surface area contributed by atoms with Gasteiger partial charge in [0.05, 0.1) is 17.7 Å². The van der Waals surface area contributed by atoms with Crippen LogP contribution in [-0.4, -0.2) is 34.0 Å². The second-order valence-electron chi connectivity index (χ2n) is 8.87. The zero-order chi connectivity index (χ0) is 19.3. The van der Waals surface area contributed by atoms with Crippen LogP contribution in [0.3, 0.4) is 0 Å². The number of nitrogens with zero attached hydrogens (tertiary/aromatic N) is 1. The van der Waals surface area contributed by atoms with Crippen LogP contribution in [0.15, 0.2) is 30.4 Å². The smallest absolute Gasteiger partial charge is 0.254 e. The number of carbonyl (C=O) groups is 2. The van der Waals surface area contributed by atoms with Crippen LogP contribution in [0.4, 0.5) is 0 Å². The fraction of sp³-hybridized carbons (Fsp3) is 0.524. The maximum atomic E-state index is 12.3. The van der Waals surface area contributed by atoms with E-state index in [0.29, 0.717) is 6.42 Å². The van der Waals surface area contributed by atoms with Crippen molar-refractivity contribution in [2.75, 3.05) is 0 Å².